The van der Waals surface area contributed by atoms with Crippen molar-refractivity contribution in [3.8, 4) is 0 Å². The molecule has 0 saturated carbocycles. The normalized spacial score (nSPS) is 13.7. The number of allylic oxidation sites excluding steroid dienone is 1. The molecule has 0 radical (unpaired) electrons. The van der Waals surface area contributed by atoms with Crippen molar-refractivity contribution in [3.63, 3.8) is 0 Å². The van der Waals surface area contributed by atoms with Gasteiger partial charge in [-0.3, -0.25) is 18.6 Å². The van der Waals surface area contributed by atoms with Gasteiger partial charge in [-0.2, -0.15) is 0 Å². The Morgan fingerprint density at radius 1 is 1.27 bits per heavy atom. The molecule has 0 N–H and O–H groups in total. The molecule has 1 aliphatic heterocycles. The van der Waals surface area contributed by atoms with E-state index >= 15 is 0 Å². The van der Waals surface area contributed by atoms with Crippen molar-refractivity contribution >= 4 is 45.7 Å². The smallest absolute Gasteiger partial charge is 0.263 e. The summed E-state index contributed by atoms with van der Waals surface area (Å²) < 4.78 is 3.41. The van der Waals surface area contributed by atoms with E-state index in [1.165, 1.54) is 22.2 Å². The molecule has 1 aromatic carbocycles. The lowest BCUT2D eigenvalue weighted by molar-refractivity contribution is -0.129. The van der Waals surface area contributed by atoms with Gasteiger partial charge in [0.15, 0.2) is 5.16 Å². The Hall–Kier alpha value is -2.91. The number of aromatic nitrogens is 4. The molecule has 1 amide bonds. The summed E-state index contributed by atoms with van der Waals surface area (Å²) >= 11 is 3.11. The van der Waals surface area contributed by atoms with E-state index in [2.05, 4.69) is 28.2 Å². The predicted molar refractivity (Wildman–Crippen MR) is 119 cm³/mol. The van der Waals surface area contributed by atoms with Gasteiger partial charge in [0.05, 0.1) is 16.7 Å². The molecule has 3 aromatic heterocycles. The topological polar surface area (TPSA) is 72.5 Å². The number of benzene rings is 1. The van der Waals surface area contributed by atoms with Gasteiger partial charge >= 0.3 is 0 Å². The van der Waals surface area contributed by atoms with Crippen molar-refractivity contribution in [3.05, 3.63) is 69.2 Å². The molecule has 7 nitrogen and oxygen atoms in total. The summed E-state index contributed by atoms with van der Waals surface area (Å²) in [6, 6.07) is 9.49. The number of thioether (sulfide) groups is 1. The summed E-state index contributed by atoms with van der Waals surface area (Å²) in [6.45, 7) is 5.49. The molecule has 5 rings (SSSR count). The average Bonchev–Trinajstić information content (AvgIpc) is 3.41. The minimum absolute atomic E-state index is 0.0809. The third-order valence-corrected chi connectivity index (χ3v) is 7.21. The van der Waals surface area contributed by atoms with Crippen molar-refractivity contribution in [2.24, 2.45) is 0 Å². The first-order chi connectivity index (χ1) is 14.7. The molecule has 0 spiro atoms. The fourth-order valence-electron chi connectivity index (χ4n) is 3.80. The number of carbonyl (C=O) groups excluding carboxylic acids is 1. The van der Waals surface area contributed by atoms with Gasteiger partial charge in [0.2, 0.25) is 11.7 Å². The third kappa shape index (κ3) is 3.14. The van der Waals surface area contributed by atoms with Crippen LogP contribution < -0.4 is 5.56 Å². The minimum atomic E-state index is -0.127. The van der Waals surface area contributed by atoms with Gasteiger partial charge in [0.25, 0.3) is 5.56 Å². The first-order valence-corrected chi connectivity index (χ1v) is 11.5. The quantitative estimate of drug-likeness (QED) is 0.355. The molecular weight excluding hydrogens is 418 g/mol. The van der Waals surface area contributed by atoms with Crippen molar-refractivity contribution in [2.75, 3.05) is 12.3 Å². The Morgan fingerprint density at radius 2 is 2.13 bits per heavy atom. The number of nitrogens with zero attached hydrogens (tertiary/aromatic N) is 5. The summed E-state index contributed by atoms with van der Waals surface area (Å²) in [5, 5.41) is 11.8. The van der Waals surface area contributed by atoms with E-state index in [0.717, 1.165) is 18.5 Å². The van der Waals surface area contributed by atoms with Crippen LogP contribution in [0.25, 0.3) is 16.7 Å². The Morgan fingerprint density at radius 3 is 3.00 bits per heavy atom. The molecule has 0 unspecified atom stereocenters. The van der Waals surface area contributed by atoms with Gasteiger partial charge < -0.3 is 4.90 Å². The van der Waals surface area contributed by atoms with E-state index in [4.69, 9.17) is 0 Å². The number of hydrogen-bond donors (Lipinski definition) is 0. The van der Waals surface area contributed by atoms with E-state index in [-0.39, 0.29) is 17.2 Å². The van der Waals surface area contributed by atoms with Crippen LogP contribution in [0, 0.1) is 0 Å². The molecule has 152 valence electrons. The second kappa shape index (κ2) is 7.73. The maximum absolute atomic E-state index is 12.9. The van der Waals surface area contributed by atoms with Crippen LogP contribution in [-0.4, -0.2) is 42.3 Å². The summed E-state index contributed by atoms with van der Waals surface area (Å²) in [5.74, 6) is 0.807. The van der Waals surface area contributed by atoms with E-state index in [0.29, 0.717) is 29.4 Å². The average molecular weight is 438 g/mol. The SMILES string of the molecule is C=CCn1c(=O)c2ccccc2n2c(SCC(=O)N3CCc4sccc4C3)nnc12. The van der Waals surface area contributed by atoms with Gasteiger partial charge in [-0.05, 0) is 35.6 Å². The van der Waals surface area contributed by atoms with Gasteiger partial charge in [-0.1, -0.05) is 30.0 Å². The Kier molecular flexibility index (Phi) is 4.92. The molecular formula is C21H19N5O2S2. The standard InChI is InChI=1S/C21H19N5O2S2/c1-2-9-25-19(28)15-5-3-4-6-16(15)26-20(25)22-23-21(26)30-13-18(27)24-10-7-17-14(12-24)8-11-29-17/h2-6,8,11H,1,7,9-10,12-13H2. The van der Waals surface area contributed by atoms with Crippen LogP contribution in [-0.2, 0) is 24.3 Å². The monoisotopic (exact) mass is 437 g/mol. The largest absolute Gasteiger partial charge is 0.337 e. The third-order valence-electron chi connectivity index (χ3n) is 5.28. The van der Waals surface area contributed by atoms with Crippen LogP contribution in [0.3, 0.4) is 0 Å². The molecule has 0 bridgehead atoms. The highest BCUT2D eigenvalue weighted by Crippen LogP contribution is 2.26. The molecule has 9 heteroatoms. The number of rotatable bonds is 5. The van der Waals surface area contributed by atoms with E-state index < -0.39 is 0 Å². The molecule has 0 saturated heterocycles. The second-order valence-corrected chi connectivity index (χ2v) is 9.01. The number of carbonyl (C=O) groups is 1. The lowest BCUT2D eigenvalue weighted by atomic mass is 10.1. The molecule has 4 aromatic rings. The number of fused-ring (bicyclic) bond motifs is 4. The van der Waals surface area contributed by atoms with Crippen molar-refractivity contribution in [1.29, 1.82) is 0 Å². The van der Waals surface area contributed by atoms with Gasteiger partial charge in [-0.25, -0.2) is 0 Å². The number of amides is 1. The maximum Gasteiger partial charge on any atom is 0.263 e. The predicted octanol–water partition coefficient (Wildman–Crippen LogP) is 2.97. The van der Waals surface area contributed by atoms with Crippen LogP contribution in [0.15, 0.2) is 58.3 Å². The first kappa shape index (κ1) is 19.1. The highest BCUT2D eigenvalue weighted by Gasteiger charge is 2.23. The molecule has 4 heterocycles. The Balaban J connectivity index is 1.46. The molecule has 0 fully saturated rings. The molecule has 1 aliphatic rings. The Bertz CT molecular complexity index is 1340. The van der Waals surface area contributed by atoms with Crippen LogP contribution in [0.4, 0.5) is 0 Å². The molecule has 30 heavy (non-hydrogen) atoms. The number of hydrogen-bond acceptors (Lipinski definition) is 6. The van der Waals surface area contributed by atoms with Crippen LogP contribution >= 0.6 is 23.1 Å². The van der Waals surface area contributed by atoms with Gasteiger partial charge in [0.1, 0.15) is 0 Å². The lowest BCUT2D eigenvalue weighted by Gasteiger charge is -2.26. The lowest BCUT2D eigenvalue weighted by Crippen LogP contribution is -2.36. The minimum Gasteiger partial charge on any atom is -0.337 e. The summed E-state index contributed by atoms with van der Waals surface area (Å²) in [7, 11) is 0. The highest BCUT2D eigenvalue weighted by molar-refractivity contribution is 7.99. The van der Waals surface area contributed by atoms with Crippen molar-refractivity contribution in [1.82, 2.24) is 24.1 Å². The highest BCUT2D eigenvalue weighted by atomic mass is 32.2. The summed E-state index contributed by atoms with van der Waals surface area (Å²) in [6.07, 6.45) is 2.58. The number of para-hydroxylation sites is 1. The van der Waals surface area contributed by atoms with Gasteiger partial charge in [-0.15, -0.1) is 28.1 Å². The number of thiophene rings is 1. The molecule has 0 aliphatic carbocycles. The van der Waals surface area contributed by atoms with Crippen molar-refractivity contribution < 1.29 is 4.79 Å². The fourth-order valence-corrected chi connectivity index (χ4v) is 5.53. The van der Waals surface area contributed by atoms with Gasteiger partial charge in [0, 0.05) is 24.5 Å². The van der Waals surface area contributed by atoms with E-state index in [9.17, 15) is 9.59 Å². The van der Waals surface area contributed by atoms with E-state index in [1.807, 2.05) is 27.5 Å². The zero-order valence-electron chi connectivity index (χ0n) is 16.2. The van der Waals surface area contributed by atoms with Crippen LogP contribution in [0.2, 0.25) is 0 Å². The van der Waals surface area contributed by atoms with E-state index in [1.54, 1.807) is 28.0 Å². The zero-order chi connectivity index (χ0) is 20.7. The maximum atomic E-state index is 12.9. The van der Waals surface area contributed by atoms with Crippen LogP contribution in [0.1, 0.15) is 10.4 Å². The second-order valence-electron chi connectivity index (χ2n) is 7.06. The zero-order valence-corrected chi connectivity index (χ0v) is 17.8. The summed E-state index contributed by atoms with van der Waals surface area (Å²) in [4.78, 5) is 29.0. The summed E-state index contributed by atoms with van der Waals surface area (Å²) in [5.41, 5.74) is 1.86. The van der Waals surface area contributed by atoms with Crippen molar-refractivity contribution in [2.45, 2.75) is 24.7 Å². The Labute approximate surface area is 180 Å². The first-order valence-electron chi connectivity index (χ1n) is 9.60. The fraction of sp³-hybridized carbons (Fsp3) is 0.238. The van der Waals surface area contributed by atoms with Crippen LogP contribution in [0.5, 0.6) is 0 Å². The molecule has 0 atom stereocenters.